The van der Waals surface area contributed by atoms with Crippen LogP contribution < -0.4 is 0 Å². The summed E-state index contributed by atoms with van der Waals surface area (Å²) in [5.41, 5.74) is 2.00. The lowest BCUT2D eigenvalue weighted by atomic mass is 10.1. The minimum atomic E-state index is 0.457. The van der Waals surface area contributed by atoms with Crippen molar-refractivity contribution in [1.82, 2.24) is 4.98 Å². The summed E-state index contributed by atoms with van der Waals surface area (Å²) in [6.07, 6.45) is 1.70. The van der Waals surface area contributed by atoms with Gasteiger partial charge in [-0.3, -0.25) is 0 Å². The number of nitrogens with zero attached hydrogens (tertiary/aromatic N) is 1. The molecule has 1 aromatic heterocycles. The summed E-state index contributed by atoms with van der Waals surface area (Å²) in [4.78, 5) is 2.98. The quantitative estimate of drug-likeness (QED) is 0.803. The Labute approximate surface area is 97.1 Å². The van der Waals surface area contributed by atoms with Crippen LogP contribution >= 0.6 is 23.2 Å². The minimum Gasteiger partial charge on any atom is -0.360 e. The van der Waals surface area contributed by atoms with Crippen molar-refractivity contribution in [3.63, 3.8) is 0 Å². The van der Waals surface area contributed by atoms with Gasteiger partial charge in [0.2, 0.25) is 0 Å². The molecule has 1 aromatic carbocycles. The molecule has 0 radical (unpaired) electrons. The molecule has 2 nitrogen and oxygen atoms in total. The minimum absolute atomic E-state index is 0.457. The van der Waals surface area contributed by atoms with E-state index in [4.69, 9.17) is 28.5 Å². The first-order chi connectivity index (χ1) is 7.24. The van der Waals surface area contributed by atoms with E-state index in [1.807, 2.05) is 6.07 Å². The number of aromatic nitrogens is 1. The van der Waals surface area contributed by atoms with Gasteiger partial charge in [0.25, 0.3) is 0 Å². The molecule has 0 aliphatic heterocycles. The molecule has 74 valence electrons. The number of nitriles is 1. The van der Waals surface area contributed by atoms with Crippen molar-refractivity contribution >= 4 is 23.2 Å². The van der Waals surface area contributed by atoms with Gasteiger partial charge in [0.15, 0.2) is 0 Å². The number of hydrogen-bond donors (Lipinski definition) is 1. The van der Waals surface area contributed by atoms with Crippen molar-refractivity contribution < 1.29 is 0 Å². The summed E-state index contributed by atoms with van der Waals surface area (Å²) >= 11 is 11.9. The van der Waals surface area contributed by atoms with E-state index in [2.05, 4.69) is 11.1 Å². The lowest BCUT2D eigenvalue weighted by Gasteiger charge is -2.03. The van der Waals surface area contributed by atoms with E-state index in [0.717, 1.165) is 5.56 Å². The third-order valence-electron chi connectivity index (χ3n) is 2.09. The number of halogens is 2. The highest BCUT2D eigenvalue weighted by Gasteiger charge is 2.11. The summed E-state index contributed by atoms with van der Waals surface area (Å²) in [5.74, 6) is 0. The predicted molar refractivity (Wildman–Crippen MR) is 61.0 cm³/mol. The van der Waals surface area contributed by atoms with E-state index in [0.29, 0.717) is 21.3 Å². The molecule has 15 heavy (non-hydrogen) atoms. The smallest absolute Gasteiger partial charge is 0.101 e. The van der Waals surface area contributed by atoms with E-state index in [1.54, 1.807) is 24.4 Å². The maximum atomic E-state index is 8.88. The highest BCUT2D eigenvalue weighted by molar-refractivity contribution is 6.43. The zero-order valence-corrected chi connectivity index (χ0v) is 9.10. The Kier molecular flexibility index (Phi) is 2.68. The molecule has 1 heterocycles. The number of benzene rings is 1. The first-order valence-corrected chi connectivity index (χ1v) is 5.01. The maximum absolute atomic E-state index is 8.88. The van der Waals surface area contributed by atoms with Crippen LogP contribution in [0.2, 0.25) is 10.0 Å². The summed E-state index contributed by atoms with van der Waals surface area (Å²) in [6.45, 7) is 0. The van der Waals surface area contributed by atoms with Crippen molar-refractivity contribution in [3.05, 3.63) is 46.1 Å². The van der Waals surface area contributed by atoms with Crippen molar-refractivity contribution in [2.45, 2.75) is 0 Å². The topological polar surface area (TPSA) is 39.6 Å². The first kappa shape index (κ1) is 10.1. The van der Waals surface area contributed by atoms with Gasteiger partial charge >= 0.3 is 0 Å². The van der Waals surface area contributed by atoms with Crippen LogP contribution in [0.15, 0.2) is 30.5 Å². The molecule has 0 saturated heterocycles. The largest absolute Gasteiger partial charge is 0.360 e. The molecule has 4 heteroatoms. The van der Waals surface area contributed by atoms with Gasteiger partial charge in [-0.05, 0) is 12.1 Å². The van der Waals surface area contributed by atoms with Gasteiger partial charge < -0.3 is 4.98 Å². The number of H-pyrrole nitrogens is 1. The number of aromatic amines is 1. The normalized spacial score (nSPS) is 9.93. The van der Waals surface area contributed by atoms with Crippen LogP contribution in [0.5, 0.6) is 0 Å². The van der Waals surface area contributed by atoms with E-state index in [9.17, 15) is 0 Å². The van der Waals surface area contributed by atoms with Crippen LogP contribution in [-0.2, 0) is 0 Å². The zero-order chi connectivity index (χ0) is 10.8. The molecule has 2 rings (SSSR count). The van der Waals surface area contributed by atoms with Crippen LogP contribution in [0.4, 0.5) is 0 Å². The molecule has 0 aliphatic carbocycles. The maximum Gasteiger partial charge on any atom is 0.101 e. The van der Waals surface area contributed by atoms with Crippen molar-refractivity contribution in [2.75, 3.05) is 0 Å². The van der Waals surface area contributed by atoms with E-state index in [-0.39, 0.29) is 0 Å². The summed E-state index contributed by atoms with van der Waals surface area (Å²) in [6, 6.07) is 9.12. The lowest BCUT2D eigenvalue weighted by Crippen LogP contribution is -1.83. The molecular weight excluding hydrogens is 231 g/mol. The molecule has 1 N–H and O–H groups in total. The molecule has 0 amide bonds. The zero-order valence-electron chi connectivity index (χ0n) is 7.59. The van der Waals surface area contributed by atoms with Crippen LogP contribution in [-0.4, -0.2) is 4.98 Å². The number of rotatable bonds is 1. The van der Waals surface area contributed by atoms with Gasteiger partial charge in [-0.1, -0.05) is 35.3 Å². The lowest BCUT2D eigenvalue weighted by molar-refractivity contribution is 1.39. The third-order valence-corrected chi connectivity index (χ3v) is 2.91. The van der Waals surface area contributed by atoms with Crippen LogP contribution in [0.25, 0.3) is 11.3 Å². The monoisotopic (exact) mass is 236 g/mol. The predicted octanol–water partition coefficient (Wildman–Crippen LogP) is 3.86. The second-order valence-electron chi connectivity index (χ2n) is 2.98. The van der Waals surface area contributed by atoms with E-state index < -0.39 is 0 Å². The van der Waals surface area contributed by atoms with Crippen LogP contribution in [0, 0.1) is 11.3 Å². The number of nitrogens with one attached hydrogen (secondary N) is 1. The van der Waals surface area contributed by atoms with Gasteiger partial charge in [0.1, 0.15) is 6.07 Å². The Morgan fingerprint density at radius 1 is 1.20 bits per heavy atom. The first-order valence-electron chi connectivity index (χ1n) is 4.26. The van der Waals surface area contributed by atoms with Crippen LogP contribution in [0.3, 0.4) is 0 Å². The van der Waals surface area contributed by atoms with Gasteiger partial charge in [-0.25, -0.2) is 0 Å². The van der Waals surface area contributed by atoms with Crippen molar-refractivity contribution in [3.8, 4) is 17.3 Å². The highest BCUT2D eigenvalue weighted by atomic mass is 35.5. The van der Waals surface area contributed by atoms with E-state index >= 15 is 0 Å². The molecule has 0 saturated carbocycles. The second kappa shape index (κ2) is 3.98. The fourth-order valence-electron chi connectivity index (χ4n) is 1.38. The molecule has 0 unspecified atom stereocenters. The Bertz CT molecular complexity index is 538. The van der Waals surface area contributed by atoms with Gasteiger partial charge in [-0.2, -0.15) is 5.26 Å². The van der Waals surface area contributed by atoms with Crippen LogP contribution in [0.1, 0.15) is 5.56 Å². The molecule has 0 bridgehead atoms. The number of hydrogen-bond acceptors (Lipinski definition) is 1. The Morgan fingerprint density at radius 3 is 2.73 bits per heavy atom. The molecule has 0 atom stereocenters. The summed E-state index contributed by atoms with van der Waals surface area (Å²) in [7, 11) is 0. The molecular formula is C11H6Cl2N2. The molecule has 0 aliphatic rings. The molecule has 0 fully saturated rings. The molecule has 2 aromatic rings. The average Bonchev–Trinajstić information content (AvgIpc) is 2.70. The van der Waals surface area contributed by atoms with Gasteiger partial charge in [0, 0.05) is 11.8 Å². The Balaban J connectivity index is 2.65. The second-order valence-corrected chi connectivity index (χ2v) is 3.76. The SMILES string of the molecule is N#Cc1cc[nH]c1-c1cccc(Cl)c1Cl. The van der Waals surface area contributed by atoms with Crippen molar-refractivity contribution in [2.24, 2.45) is 0 Å². The fourth-order valence-corrected chi connectivity index (χ4v) is 1.78. The van der Waals surface area contributed by atoms with Gasteiger partial charge in [-0.15, -0.1) is 0 Å². The summed E-state index contributed by atoms with van der Waals surface area (Å²) < 4.78 is 0. The standard InChI is InChI=1S/C11H6Cl2N2/c12-9-3-1-2-8(10(9)13)11-7(6-14)4-5-15-11/h1-5,15H. The van der Waals surface area contributed by atoms with E-state index in [1.165, 1.54) is 0 Å². The highest BCUT2D eigenvalue weighted by Crippen LogP contribution is 2.33. The Morgan fingerprint density at radius 2 is 2.00 bits per heavy atom. The Hall–Kier alpha value is -1.43. The third kappa shape index (κ3) is 1.72. The summed E-state index contributed by atoms with van der Waals surface area (Å²) in [5, 5.41) is 9.82. The fraction of sp³-hybridized carbons (Fsp3) is 0. The van der Waals surface area contributed by atoms with Crippen molar-refractivity contribution in [1.29, 1.82) is 5.26 Å². The average molecular weight is 237 g/mol. The van der Waals surface area contributed by atoms with Gasteiger partial charge in [0.05, 0.1) is 21.3 Å². The molecule has 0 spiro atoms.